The molecule has 4 nitrogen and oxygen atoms in total. The molecule has 0 saturated heterocycles. The van der Waals surface area contributed by atoms with Crippen LogP contribution in [0.3, 0.4) is 0 Å². The highest BCUT2D eigenvalue weighted by atomic mass is 16.3. The quantitative estimate of drug-likeness (QED) is 0.383. The van der Waals surface area contributed by atoms with Gasteiger partial charge in [-0.25, -0.2) is 0 Å². The molecule has 0 unspecified atom stereocenters. The average molecular weight is 281 g/mol. The van der Waals surface area contributed by atoms with Gasteiger partial charge in [-0.3, -0.25) is 4.79 Å². The molecule has 0 N–H and O–H groups in total. The third-order valence-electron chi connectivity index (χ3n) is 3.39. The van der Waals surface area contributed by atoms with Crippen molar-refractivity contribution in [1.29, 1.82) is 0 Å². The summed E-state index contributed by atoms with van der Waals surface area (Å²) in [7, 11) is 0. The van der Waals surface area contributed by atoms with Crippen molar-refractivity contribution in [3.63, 3.8) is 0 Å². The molecule has 0 atom stereocenters. The van der Waals surface area contributed by atoms with Crippen LogP contribution in [-0.4, -0.2) is 19.0 Å². The Morgan fingerprint density at radius 1 is 1.19 bits per heavy atom. The minimum atomic E-state index is -0.0160. The summed E-state index contributed by atoms with van der Waals surface area (Å²) < 4.78 is 10.9. The van der Waals surface area contributed by atoms with E-state index >= 15 is 0 Å². The zero-order chi connectivity index (χ0) is 14.7. The van der Waals surface area contributed by atoms with Gasteiger partial charge in [-0.05, 0) is 25.3 Å². The van der Waals surface area contributed by atoms with E-state index in [0.29, 0.717) is 25.1 Å². The second-order valence-electron chi connectivity index (χ2n) is 4.82. The number of Topliss-reactive ketones (excluding diaryl/α,β-unsaturated/α-hetero) is 1. The van der Waals surface area contributed by atoms with E-state index in [1.807, 2.05) is 24.3 Å². The third kappa shape index (κ3) is 2.65. The summed E-state index contributed by atoms with van der Waals surface area (Å²) in [4.78, 5) is 15.7. The maximum Gasteiger partial charge on any atom is 0.198 e. The van der Waals surface area contributed by atoms with Crippen LogP contribution in [0, 0.1) is 0 Å². The van der Waals surface area contributed by atoms with Crippen LogP contribution in [0.4, 0.5) is 0 Å². The molecule has 0 radical (unpaired) electrons. The molecule has 0 aliphatic heterocycles. The number of fused-ring (bicyclic) bond motifs is 1. The molecule has 1 aromatic carbocycles. The minimum absolute atomic E-state index is 0.0160. The van der Waals surface area contributed by atoms with E-state index in [1.54, 1.807) is 18.6 Å². The number of furan rings is 2. The Labute approximate surface area is 122 Å². The Kier molecular flexibility index (Phi) is 3.69. The highest BCUT2D eigenvalue weighted by Gasteiger charge is 2.14. The fourth-order valence-electron chi connectivity index (χ4n) is 2.30. The first-order chi connectivity index (χ1) is 10.3. The van der Waals surface area contributed by atoms with Crippen molar-refractivity contribution in [2.75, 3.05) is 6.54 Å². The fourth-order valence-corrected chi connectivity index (χ4v) is 2.30. The molecule has 21 heavy (non-hydrogen) atoms. The lowest BCUT2D eigenvalue weighted by atomic mass is 10.1. The minimum Gasteiger partial charge on any atom is -0.464 e. The van der Waals surface area contributed by atoms with E-state index in [-0.39, 0.29) is 5.78 Å². The molecule has 0 bridgehead atoms. The fraction of sp³-hybridized carbons (Fsp3) is 0.176. The predicted molar refractivity (Wildman–Crippen MR) is 81.9 cm³/mol. The second kappa shape index (κ2) is 5.79. The van der Waals surface area contributed by atoms with Crippen molar-refractivity contribution in [3.05, 3.63) is 48.6 Å². The summed E-state index contributed by atoms with van der Waals surface area (Å²) in [6, 6.07) is 9.54. The van der Waals surface area contributed by atoms with E-state index in [2.05, 4.69) is 11.7 Å². The Morgan fingerprint density at radius 2 is 2.05 bits per heavy atom. The molecule has 0 fully saturated rings. The molecule has 0 amide bonds. The number of hydrogen-bond donors (Lipinski definition) is 0. The Hall–Kier alpha value is -2.62. The number of para-hydroxylation sites is 1. The molecule has 2 aromatic heterocycles. The van der Waals surface area contributed by atoms with Gasteiger partial charge in [0.15, 0.2) is 11.5 Å². The zero-order valence-corrected chi connectivity index (χ0v) is 11.5. The first-order valence-electron chi connectivity index (χ1n) is 6.80. The van der Waals surface area contributed by atoms with Crippen LogP contribution in [0.25, 0.3) is 22.1 Å². The van der Waals surface area contributed by atoms with Crippen molar-refractivity contribution in [2.45, 2.75) is 12.8 Å². The standard InChI is InChI=1S/C17H15NO3/c1-18-8-4-6-15(19)17-9-12(10-20-17)14-11-21-16-7-3-2-5-13(14)16/h2-3,5,7,9-11H,1,4,6,8H2. The summed E-state index contributed by atoms with van der Waals surface area (Å²) in [5, 5.41) is 1.01. The van der Waals surface area contributed by atoms with E-state index in [4.69, 9.17) is 8.83 Å². The van der Waals surface area contributed by atoms with Crippen LogP contribution in [-0.2, 0) is 0 Å². The average Bonchev–Trinajstić information content (AvgIpc) is 3.13. The van der Waals surface area contributed by atoms with Gasteiger partial charge in [-0.15, -0.1) is 0 Å². The van der Waals surface area contributed by atoms with Crippen LogP contribution < -0.4 is 0 Å². The lowest BCUT2D eigenvalue weighted by Gasteiger charge is -1.94. The summed E-state index contributed by atoms with van der Waals surface area (Å²) in [5.74, 6) is 0.358. The zero-order valence-electron chi connectivity index (χ0n) is 11.5. The molecule has 0 spiro atoms. The van der Waals surface area contributed by atoms with Gasteiger partial charge in [0.1, 0.15) is 5.58 Å². The number of hydrogen-bond acceptors (Lipinski definition) is 4. The predicted octanol–water partition coefficient (Wildman–Crippen LogP) is 4.36. The van der Waals surface area contributed by atoms with Gasteiger partial charge in [-0.2, -0.15) is 0 Å². The number of rotatable bonds is 6. The summed E-state index contributed by atoms with van der Waals surface area (Å²) >= 11 is 0. The molecule has 3 aromatic rings. The largest absolute Gasteiger partial charge is 0.464 e. The molecule has 0 aliphatic rings. The monoisotopic (exact) mass is 281 g/mol. The van der Waals surface area contributed by atoms with Crippen molar-refractivity contribution < 1.29 is 13.6 Å². The smallest absolute Gasteiger partial charge is 0.198 e. The van der Waals surface area contributed by atoms with Crippen LogP contribution >= 0.6 is 0 Å². The molecule has 2 heterocycles. The number of aliphatic imine (C=N–C) groups is 1. The second-order valence-corrected chi connectivity index (χ2v) is 4.82. The maximum atomic E-state index is 12.0. The van der Waals surface area contributed by atoms with Gasteiger partial charge in [0, 0.05) is 29.5 Å². The Balaban J connectivity index is 1.84. The summed E-state index contributed by atoms with van der Waals surface area (Å²) in [5.41, 5.74) is 2.60. The lowest BCUT2D eigenvalue weighted by molar-refractivity contribution is 0.0954. The van der Waals surface area contributed by atoms with Crippen LogP contribution in [0.5, 0.6) is 0 Å². The van der Waals surface area contributed by atoms with E-state index < -0.39 is 0 Å². The molecule has 4 heteroatoms. The van der Waals surface area contributed by atoms with E-state index in [1.165, 1.54) is 0 Å². The highest BCUT2D eigenvalue weighted by Crippen LogP contribution is 2.31. The summed E-state index contributed by atoms with van der Waals surface area (Å²) in [6.07, 6.45) is 4.38. The molecular formula is C17H15NO3. The first kappa shape index (κ1) is 13.4. The van der Waals surface area contributed by atoms with Crippen LogP contribution in [0.2, 0.25) is 0 Å². The number of carbonyl (C=O) groups excluding carboxylic acids is 1. The Morgan fingerprint density at radius 3 is 2.90 bits per heavy atom. The molecule has 0 aliphatic carbocycles. The van der Waals surface area contributed by atoms with Crippen LogP contribution in [0.1, 0.15) is 23.4 Å². The third-order valence-corrected chi connectivity index (χ3v) is 3.39. The van der Waals surface area contributed by atoms with Gasteiger partial charge >= 0.3 is 0 Å². The summed E-state index contributed by atoms with van der Waals surface area (Å²) in [6.45, 7) is 3.99. The topological polar surface area (TPSA) is 55.7 Å². The van der Waals surface area contributed by atoms with Gasteiger partial charge in [-0.1, -0.05) is 18.2 Å². The Bertz CT molecular complexity index is 782. The number of carbonyl (C=O) groups is 1. The van der Waals surface area contributed by atoms with E-state index in [9.17, 15) is 4.79 Å². The van der Waals surface area contributed by atoms with Crippen molar-refractivity contribution in [1.82, 2.24) is 0 Å². The molecule has 106 valence electrons. The van der Waals surface area contributed by atoms with Crippen molar-refractivity contribution in [3.8, 4) is 11.1 Å². The van der Waals surface area contributed by atoms with E-state index in [0.717, 1.165) is 22.1 Å². The SMILES string of the molecule is C=NCCCC(=O)c1cc(-c2coc3ccccc23)co1. The molecule has 0 saturated carbocycles. The molecular weight excluding hydrogens is 266 g/mol. The number of benzene rings is 1. The maximum absolute atomic E-state index is 12.0. The van der Waals surface area contributed by atoms with Gasteiger partial charge in [0.05, 0.1) is 12.5 Å². The lowest BCUT2D eigenvalue weighted by Crippen LogP contribution is -1.97. The first-order valence-corrected chi connectivity index (χ1v) is 6.80. The highest BCUT2D eigenvalue weighted by molar-refractivity contribution is 5.97. The van der Waals surface area contributed by atoms with Crippen molar-refractivity contribution >= 4 is 23.5 Å². The number of ketones is 1. The molecule has 3 rings (SSSR count). The van der Waals surface area contributed by atoms with Crippen molar-refractivity contribution in [2.24, 2.45) is 4.99 Å². The van der Waals surface area contributed by atoms with Gasteiger partial charge in [0.2, 0.25) is 0 Å². The van der Waals surface area contributed by atoms with Crippen LogP contribution in [0.15, 0.2) is 56.7 Å². The normalized spacial score (nSPS) is 10.9. The van der Waals surface area contributed by atoms with Gasteiger partial charge in [0.25, 0.3) is 0 Å². The van der Waals surface area contributed by atoms with Gasteiger partial charge < -0.3 is 13.8 Å². The number of nitrogens with zero attached hydrogens (tertiary/aromatic N) is 1.